The Kier molecular flexibility index (Phi) is 5.43. The summed E-state index contributed by atoms with van der Waals surface area (Å²) in [6.07, 6.45) is 0.125. The van der Waals surface area contributed by atoms with Crippen molar-refractivity contribution in [3.8, 4) is 5.75 Å². The minimum absolute atomic E-state index is 0.0903. The SMILES string of the molecule is CCOc1ccc(NC(=O)C[C@H]2SC(=NC)N(C)C2=O)cc1. The summed E-state index contributed by atoms with van der Waals surface area (Å²) in [4.78, 5) is 29.6. The minimum atomic E-state index is -0.411. The lowest BCUT2D eigenvalue weighted by molar-refractivity contribution is -0.127. The molecule has 22 heavy (non-hydrogen) atoms. The Morgan fingerprint density at radius 1 is 1.41 bits per heavy atom. The molecule has 6 nitrogen and oxygen atoms in total. The number of nitrogens with one attached hydrogen (secondary N) is 1. The highest BCUT2D eigenvalue weighted by Gasteiger charge is 2.36. The summed E-state index contributed by atoms with van der Waals surface area (Å²) in [5.74, 6) is 0.473. The largest absolute Gasteiger partial charge is 0.494 e. The minimum Gasteiger partial charge on any atom is -0.494 e. The third-order valence-electron chi connectivity index (χ3n) is 3.15. The van der Waals surface area contributed by atoms with Crippen molar-refractivity contribution in [2.24, 2.45) is 4.99 Å². The van der Waals surface area contributed by atoms with E-state index in [9.17, 15) is 9.59 Å². The fourth-order valence-corrected chi connectivity index (χ4v) is 3.18. The summed E-state index contributed by atoms with van der Waals surface area (Å²) in [7, 11) is 3.30. The van der Waals surface area contributed by atoms with Gasteiger partial charge in [0.05, 0.1) is 6.61 Å². The molecule has 0 saturated carbocycles. The zero-order chi connectivity index (χ0) is 16.1. The molecule has 0 bridgehead atoms. The molecule has 118 valence electrons. The van der Waals surface area contributed by atoms with E-state index in [1.165, 1.54) is 16.7 Å². The molecule has 2 amide bonds. The Labute approximate surface area is 133 Å². The van der Waals surface area contributed by atoms with E-state index in [1.54, 1.807) is 38.4 Å². The smallest absolute Gasteiger partial charge is 0.242 e. The molecule has 1 N–H and O–H groups in total. The van der Waals surface area contributed by atoms with E-state index in [2.05, 4.69) is 10.3 Å². The number of rotatable bonds is 5. The molecule has 2 rings (SSSR count). The lowest BCUT2D eigenvalue weighted by Crippen LogP contribution is -2.30. The van der Waals surface area contributed by atoms with Crippen LogP contribution in [0.3, 0.4) is 0 Å². The molecule has 1 aromatic carbocycles. The van der Waals surface area contributed by atoms with E-state index in [4.69, 9.17) is 4.74 Å². The first-order chi connectivity index (χ1) is 10.5. The van der Waals surface area contributed by atoms with E-state index in [1.807, 2.05) is 6.92 Å². The van der Waals surface area contributed by atoms with Gasteiger partial charge in [0.25, 0.3) is 0 Å². The van der Waals surface area contributed by atoms with Crippen molar-refractivity contribution in [1.29, 1.82) is 0 Å². The highest BCUT2D eigenvalue weighted by Crippen LogP contribution is 2.28. The quantitative estimate of drug-likeness (QED) is 0.900. The van der Waals surface area contributed by atoms with E-state index >= 15 is 0 Å². The standard InChI is InChI=1S/C15H19N3O3S/c1-4-21-11-7-5-10(6-8-11)17-13(19)9-12-14(20)18(3)15(16-2)22-12/h5-8,12H,4,9H2,1-3H3,(H,17,19)/t12-/m1/s1. The highest BCUT2D eigenvalue weighted by atomic mass is 32.2. The van der Waals surface area contributed by atoms with Gasteiger partial charge >= 0.3 is 0 Å². The molecule has 0 spiro atoms. The fourth-order valence-electron chi connectivity index (χ4n) is 2.08. The number of thioether (sulfide) groups is 1. The number of hydrogen-bond donors (Lipinski definition) is 1. The van der Waals surface area contributed by atoms with E-state index in [0.717, 1.165) is 5.75 Å². The summed E-state index contributed by atoms with van der Waals surface area (Å²) in [6, 6.07) is 7.14. The lowest BCUT2D eigenvalue weighted by Gasteiger charge is -2.09. The summed E-state index contributed by atoms with van der Waals surface area (Å²) in [6.45, 7) is 2.51. The molecule has 1 heterocycles. The van der Waals surface area contributed by atoms with Crippen LogP contribution >= 0.6 is 11.8 Å². The zero-order valence-electron chi connectivity index (χ0n) is 12.8. The van der Waals surface area contributed by atoms with Gasteiger partial charge in [-0.05, 0) is 31.2 Å². The molecule has 1 saturated heterocycles. The predicted octanol–water partition coefficient (Wildman–Crippen LogP) is 1.97. The number of benzene rings is 1. The highest BCUT2D eigenvalue weighted by molar-refractivity contribution is 8.15. The number of amidine groups is 1. The maximum atomic E-state index is 12.1. The first-order valence-electron chi connectivity index (χ1n) is 6.99. The van der Waals surface area contributed by atoms with Crippen LogP contribution in [0.2, 0.25) is 0 Å². The predicted molar refractivity (Wildman–Crippen MR) is 88.4 cm³/mol. The molecule has 0 unspecified atom stereocenters. The molecule has 1 atom stereocenters. The summed E-state index contributed by atoms with van der Waals surface area (Å²) < 4.78 is 5.34. The Morgan fingerprint density at radius 2 is 2.09 bits per heavy atom. The average molecular weight is 321 g/mol. The molecule has 0 aliphatic carbocycles. The van der Waals surface area contributed by atoms with Gasteiger partial charge in [-0.1, -0.05) is 11.8 Å². The van der Waals surface area contributed by atoms with Crippen LogP contribution in [0.15, 0.2) is 29.3 Å². The van der Waals surface area contributed by atoms with Crippen molar-refractivity contribution in [2.75, 3.05) is 26.0 Å². The Balaban J connectivity index is 1.92. The van der Waals surface area contributed by atoms with Gasteiger partial charge in [0, 0.05) is 26.2 Å². The number of carbonyl (C=O) groups is 2. The van der Waals surface area contributed by atoms with Crippen LogP contribution in [0.4, 0.5) is 5.69 Å². The summed E-state index contributed by atoms with van der Waals surface area (Å²) >= 11 is 1.32. The molecule has 0 aromatic heterocycles. The Hall–Kier alpha value is -2.02. The Morgan fingerprint density at radius 3 is 2.64 bits per heavy atom. The van der Waals surface area contributed by atoms with Crippen molar-refractivity contribution >= 4 is 34.4 Å². The molecular formula is C15H19N3O3S. The van der Waals surface area contributed by atoms with Gasteiger partial charge in [-0.3, -0.25) is 19.5 Å². The molecule has 0 radical (unpaired) electrons. The van der Waals surface area contributed by atoms with E-state index in [0.29, 0.717) is 17.5 Å². The van der Waals surface area contributed by atoms with Crippen molar-refractivity contribution in [3.05, 3.63) is 24.3 Å². The van der Waals surface area contributed by atoms with Gasteiger partial charge < -0.3 is 10.1 Å². The second-order valence-electron chi connectivity index (χ2n) is 4.72. The Bertz CT molecular complexity index is 586. The van der Waals surface area contributed by atoms with Gasteiger partial charge in [0.1, 0.15) is 11.0 Å². The molecule has 1 fully saturated rings. The second-order valence-corrected chi connectivity index (χ2v) is 5.89. The van der Waals surface area contributed by atoms with E-state index in [-0.39, 0.29) is 18.2 Å². The number of ether oxygens (including phenoxy) is 1. The van der Waals surface area contributed by atoms with Crippen molar-refractivity contribution in [1.82, 2.24) is 4.90 Å². The zero-order valence-corrected chi connectivity index (χ0v) is 13.6. The van der Waals surface area contributed by atoms with Gasteiger partial charge in [-0.25, -0.2) is 0 Å². The summed E-state index contributed by atoms with van der Waals surface area (Å²) in [5.41, 5.74) is 0.682. The van der Waals surface area contributed by atoms with Crippen LogP contribution in [0.5, 0.6) is 5.75 Å². The molecular weight excluding hydrogens is 302 g/mol. The van der Waals surface area contributed by atoms with E-state index < -0.39 is 5.25 Å². The third-order valence-corrected chi connectivity index (χ3v) is 4.47. The normalized spacial score (nSPS) is 19.6. The topological polar surface area (TPSA) is 71.0 Å². The van der Waals surface area contributed by atoms with Crippen molar-refractivity contribution < 1.29 is 14.3 Å². The van der Waals surface area contributed by atoms with Crippen LogP contribution in [0.25, 0.3) is 0 Å². The van der Waals surface area contributed by atoms with Crippen LogP contribution < -0.4 is 10.1 Å². The average Bonchev–Trinajstić information content (AvgIpc) is 2.77. The van der Waals surface area contributed by atoms with Crippen LogP contribution in [0, 0.1) is 0 Å². The monoisotopic (exact) mass is 321 g/mol. The van der Waals surface area contributed by atoms with Crippen molar-refractivity contribution in [2.45, 2.75) is 18.6 Å². The third kappa shape index (κ3) is 3.79. The summed E-state index contributed by atoms with van der Waals surface area (Å²) in [5, 5.41) is 3.02. The fraction of sp³-hybridized carbons (Fsp3) is 0.400. The number of anilines is 1. The maximum absolute atomic E-state index is 12.1. The van der Waals surface area contributed by atoms with Gasteiger partial charge in [-0.2, -0.15) is 0 Å². The number of amides is 2. The lowest BCUT2D eigenvalue weighted by atomic mass is 10.2. The first-order valence-corrected chi connectivity index (χ1v) is 7.86. The van der Waals surface area contributed by atoms with Crippen LogP contribution in [-0.4, -0.2) is 47.8 Å². The van der Waals surface area contributed by atoms with Crippen LogP contribution in [0.1, 0.15) is 13.3 Å². The first kappa shape index (κ1) is 16.4. The second kappa shape index (κ2) is 7.31. The number of nitrogens with zero attached hydrogens (tertiary/aromatic N) is 2. The van der Waals surface area contributed by atoms with Gasteiger partial charge in [0.2, 0.25) is 11.8 Å². The van der Waals surface area contributed by atoms with Gasteiger partial charge in [0.15, 0.2) is 5.17 Å². The van der Waals surface area contributed by atoms with Crippen LogP contribution in [-0.2, 0) is 9.59 Å². The van der Waals surface area contributed by atoms with Gasteiger partial charge in [-0.15, -0.1) is 0 Å². The molecule has 1 aromatic rings. The number of hydrogen-bond acceptors (Lipinski definition) is 5. The maximum Gasteiger partial charge on any atom is 0.242 e. The van der Waals surface area contributed by atoms with Crippen molar-refractivity contribution in [3.63, 3.8) is 0 Å². The number of carbonyl (C=O) groups excluding carboxylic acids is 2. The molecule has 7 heteroatoms. The molecule has 1 aliphatic heterocycles. The number of aliphatic imine (C=N–C) groups is 1. The molecule has 1 aliphatic rings.